The van der Waals surface area contributed by atoms with Crippen LogP contribution in [0.4, 0.5) is 17.6 Å². The Hall–Kier alpha value is -3.48. The third-order valence-corrected chi connectivity index (χ3v) is 7.30. The van der Waals surface area contributed by atoms with Gasteiger partial charge in [-0.25, -0.2) is 14.8 Å². The van der Waals surface area contributed by atoms with E-state index in [1.165, 1.54) is 0 Å². The average Bonchev–Trinajstić information content (AvgIpc) is 3.26. The molecule has 0 aliphatic carbocycles. The Morgan fingerprint density at radius 2 is 1.88 bits per heavy atom. The fourth-order valence-corrected chi connectivity index (χ4v) is 4.75. The number of carbonyl (C=O) groups is 1. The number of rotatable bonds is 11. The summed E-state index contributed by atoms with van der Waals surface area (Å²) in [5.74, 6) is -0.778. The Bertz CT molecular complexity index is 1400. The van der Waals surface area contributed by atoms with E-state index in [2.05, 4.69) is 26.8 Å². The summed E-state index contributed by atoms with van der Waals surface area (Å²) in [6.45, 7) is 1.83. The predicted molar refractivity (Wildman–Crippen MR) is 148 cm³/mol. The number of amides is 1. The number of ether oxygens (including phenoxy) is 2. The third kappa shape index (κ3) is 7.43. The third-order valence-electron chi connectivity index (χ3n) is 6.52. The lowest BCUT2D eigenvalue weighted by Gasteiger charge is -2.28. The molecule has 0 spiro atoms. The van der Waals surface area contributed by atoms with Crippen LogP contribution in [-0.2, 0) is 28.7 Å². The van der Waals surface area contributed by atoms with E-state index in [1.54, 1.807) is 31.2 Å². The summed E-state index contributed by atoms with van der Waals surface area (Å²) in [6, 6.07) is 16.5. The molecule has 0 aromatic heterocycles. The maximum atomic E-state index is 13.8. The normalized spacial score (nSPS) is 18.5. The van der Waals surface area contributed by atoms with Crippen molar-refractivity contribution >= 4 is 27.7 Å². The summed E-state index contributed by atoms with van der Waals surface area (Å²) in [6.07, 6.45) is -4.79. The van der Waals surface area contributed by atoms with Crippen LogP contribution in [0.15, 0.2) is 76.2 Å². The Morgan fingerprint density at radius 1 is 1.15 bits per heavy atom. The number of hydrogen-bond acceptors (Lipinski definition) is 6. The molecule has 7 nitrogen and oxygen atoms in total. The van der Waals surface area contributed by atoms with Crippen molar-refractivity contribution in [2.45, 2.75) is 44.1 Å². The van der Waals surface area contributed by atoms with Crippen LogP contribution >= 0.6 is 15.9 Å². The first-order valence-electron chi connectivity index (χ1n) is 12.8. The number of hydrogen-bond donors (Lipinski definition) is 3. The number of aliphatic imine (C=N–C) groups is 1. The molecule has 1 aliphatic rings. The van der Waals surface area contributed by atoms with Gasteiger partial charge in [0.05, 0.1) is 12.2 Å². The van der Waals surface area contributed by atoms with E-state index in [9.17, 15) is 22.4 Å². The second kappa shape index (κ2) is 13.0. The monoisotopic (exact) mass is 637 g/mol. The van der Waals surface area contributed by atoms with Gasteiger partial charge in [0.1, 0.15) is 17.7 Å². The van der Waals surface area contributed by atoms with E-state index in [4.69, 9.17) is 19.6 Å². The van der Waals surface area contributed by atoms with Gasteiger partial charge in [-0.3, -0.25) is 10.2 Å². The molecule has 41 heavy (non-hydrogen) atoms. The number of hydrazine groups is 1. The Labute approximate surface area is 242 Å². The first-order valence-corrected chi connectivity index (χ1v) is 13.5. The molecule has 4 rings (SSSR count). The highest BCUT2D eigenvalue weighted by Crippen LogP contribution is 2.35. The number of halogens is 5. The lowest BCUT2D eigenvalue weighted by molar-refractivity contribution is -0.138. The molecule has 3 aromatic rings. The molecule has 3 aromatic carbocycles. The van der Waals surface area contributed by atoms with Crippen molar-refractivity contribution in [2.24, 2.45) is 4.99 Å². The SMILES string of the molecule is C[C@@H]1OC(c2ccc(OCCCO)cc2)=N[C@]1(Cc1ccccc1Br)C(=O)NNCc1cc(F)cc(C(F)(F)F)c1. The zero-order chi connectivity index (χ0) is 29.6. The summed E-state index contributed by atoms with van der Waals surface area (Å²) < 4.78 is 65.5. The standard InChI is InChI=1S/C29H28BrF4N3O4/c1-18-28(16-21-5-2-3-6-25(21)30,36-26(41-18)20-7-9-24(10-8-20)40-12-4-11-38)27(39)37-35-17-19-13-22(29(32,33)34)15-23(31)14-19/h2-3,5-10,13-15,18,35,38H,4,11-12,16-17H2,1H3,(H,37,39)/t18-,28-/m0/s1. The van der Waals surface area contributed by atoms with Crippen molar-refractivity contribution < 1.29 is 36.9 Å². The number of carbonyl (C=O) groups excluding carboxylic acids is 1. The van der Waals surface area contributed by atoms with Crippen LogP contribution < -0.4 is 15.6 Å². The average molecular weight is 638 g/mol. The molecule has 2 atom stereocenters. The minimum Gasteiger partial charge on any atom is -0.494 e. The molecule has 0 radical (unpaired) electrons. The van der Waals surface area contributed by atoms with E-state index in [0.717, 1.165) is 22.2 Å². The van der Waals surface area contributed by atoms with Crippen LogP contribution in [0.1, 0.15) is 35.6 Å². The van der Waals surface area contributed by atoms with Crippen molar-refractivity contribution in [1.82, 2.24) is 10.9 Å². The highest BCUT2D eigenvalue weighted by Gasteiger charge is 2.50. The molecule has 12 heteroatoms. The number of benzene rings is 3. The van der Waals surface area contributed by atoms with E-state index in [-0.39, 0.29) is 31.0 Å². The number of aliphatic hydroxyl groups is 1. The second-order valence-corrected chi connectivity index (χ2v) is 10.3. The van der Waals surface area contributed by atoms with Crippen LogP contribution in [0.25, 0.3) is 0 Å². The smallest absolute Gasteiger partial charge is 0.416 e. The largest absolute Gasteiger partial charge is 0.494 e. The van der Waals surface area contributed by atoms with Gasteiger partial charge < -0.3 is 14.6 Å². The van der Waals surface area contributed by atoms with Gasteiger partial charge in [-0.2, -0.15) is 13.2 Å². The Kier molecular flexibility index (Phi) is 9.67. The molecular formula is C29H28BrF4N3O4. The van der Waals surface area contributed by atoms with Gasteiger partial charge >= 0.3 is 6.18 Å². The zero-order valence-corrected chi connectivity index (χ0v) is 23.6. The van der Waals surface area contributed by atoms with Crippen molar-refractivity contribution in [3.8, 4) is 5.75 Å². The van der Waals surface area contributed by atoms with Gasteiger partial charge in [0, 0.05) is 36.0 Å². The van der Waals surface area contributed by atoms with Crippen LogP contribution in [0.5, 0.6) is 5.75 Å². The first-order chi connectivity index (χ1) is 19.5. The molecule has 0 bridgehead atoms. The van der Waals surface area contributed by atoms with E-state index < -0.39 is 35.1 Å². The first kappa shape index (κ1) is 30.5. The van der Waals surface area contributed by atoms with Gasteiger partial charge in [0.15, 0.2) is 5.54 Å². The molecule has 1 heterocycles. The minimum absolute atomic E-state index is 0.00122. The fourth-order valence-electron chi connectivity index (χ4n) is 4.33. The molecule has 1 amide bonds. The summed E-state index contributed by atoms with van der Waals surface area (Å²) in [7, 11) is 0. The molecule has 3 N–H and O–H groups in total. The minimum atomic E-state index is -4.71. The molecular weight excluding hydrogens is 610 g/mol. The zero-order valence-electron chi connectivity index (χ0n) is 22.0. The molecule has 0 fully saturated rings. The number of nitrogens with one attached hydrogen (secondary N) is 2. The van der Waals surface area contributed by atoms with Crippen LogP contribution in [0.2, 0.25) is 0 Å². The molecule has 0 unspecified atom stereocenters. The van der Waals surface area contributed by atoms with Gasteiger partial charge in [0.2, 0.25) is 5.90 Å². The summed E-state index contributed by atoms with van der Waals surface area (Å²) in [4.78, 5) is 18.4. The Balaban J connectivity index is 1.57. The maximum Gasteiger partial charge on any atom is 0.416 e. The van der Waals surface area contributed by atoms with E-state index >= 15 is 0 Å². The van der Waals surface area contributed by atoms with Crippen molar-refractivity contribution in [2.75, 3.05) is 13.2 Å². The van der Waals surface area contributed by atoms with Gasteiger partial charge in [-0.05, 0) is 66.6 Å². The van der Waals surface area contributed by atoms with Crippen LogP contribution in [0, 0.1) is 5.82 Å². The summed E-state index contributed by atoms with van der Waals surface area (Å²) in [5, 5.41) is 8.93. The molecule has 0 saturated carbocycles. The number of nitrogens with zero attached hydrogens (tertiary/aromatic N) is 1. The van der Waals surface area contributed by atoms with Crippen LogP contribution in [0.3, 0.4) is 0 Å². The van der Waals surface area contributed by atoms with Crippen LogP contribution in [-0.4, -0.2) is 41.8 Å². The second-order valence-electron chi connectivity index (χ2n) is 9.47. The summed E-state index contributed by atoms with van der Waals surface area (Å²) >= 11 is 3.51. The maximum absolute atomic E-state index is 13.8. The van der Waals surface area contributed by atoms with E-state index in [1.807, 2.05) is 24.3 Å². The summed E-state index contributed by atoms with van der Waals surface area (Å²) in [5.41, 5.74) is 3.98. The van der Waals surface area contributed by atoms with Crippen molar-refractivity contribution in [3.63, 3.8) is 0 Å². The molecule has 0 saturated heterocycles. The quantitative estimate of drug-likeness (QED) is 0.150. The van der Waals surface area contributed by atoms with Gasteiger partial charge in [-0.1, -0.05) is 34.1 Å². The molecule has 218 valence electrons. The predicted octanol–water partition coefficient (Wildman–Crippen LogP) is 5.34. The van der Waals surface area contributed by atoms with Gasteiger partial charge in [-0.15, -0.1) is 0 Å². The topological polar surface area (TPSA) is 92.2 Å². The van der Waals surface area contributed by atoms with Gasteiger partial charge in [0.25, 0.3) is 5.91 Å². The Morgan fingerprint density at radius 3 is 2.56 bits per heavy atom. The highest BCUT2D eigenvalue weighted by molar-refractivity contribution is 9.10. The lowest BCUT2D eigenvalue weighted by Crippen LogP contribution is -2.55. The number of aliphatic hydroxyl groups excluding tert-OH is 1. The highest BCUT2D eigenvalue weighted by atomic mass is 79.9. The van der Waals surface area contributed by atoms with Crippen molar-refractivity contribution in [1.29, 1.82) is 0 Å². The number of alkyl halides is 3. The lowest BCUT2D eigenvalue weighted by atomic mass is 9.86. The molecule has 1 aliphatic heterocycles. The fraction of sp³-hybridized carbons (Fsp3) is 0.310. The van der Waals surface area contributed by atoms with Crippen molar-refractivity contribution in [3.05, 3.63) is 99.3 Å². The van der Waals surface area contributed by atoms with E-state index in [0.29, 0.717) is 30.4 Å².